The first-order valence-corrected chi connectivity index (χ1v) is 9.24. The molecule has 0 radical (unpaired) electrons. The fourth-order valence-electron chi connectivity index (χ4n) is 3.56. The summed E-state index contributed by atoms with van der Waals surface area (Å²) in [6, 6.07) is 2.47. The summed E-state index contributed by atoms with van der Waals surface area (Å²) < 4.78 is 5.42. The van der Waals surface area contributed by atoms with E-state index in [1.807, 2.05) is 12.3 Å². The highest BCUT2D eigenvalue weighted by atomic mass is 16.5. The third-order valence-electron chi connectivity index (χ3n) is 5.16. The number of likely N-dealkylation sites (tertiary alicyclic amines) is 1. The van der Waals surface area contributed by atoms with E-state index in [1.165, 1.54) is 0 Å². The van der Waals surface area contributed by atoms with Crippen LogP contribution in [0.15, 0.2) is 24.7 Å². The molecule has 4 heterocycles. The van der Waals surface area contributed by atoms with Crippen molar-refractivity contribution in [3.63, 3.8) is 0 Å². The molecule has 9 nitrogen and oxygen atoms in total. The Labute approximate surface area is 153 Å². The van der Waals surface area contributed by atoms with Crippen molar-refractivity contribution in [2.75, 3.05) is 62.8 Å². The van der Waals surface area contributed by atoms with E-state index in [0.29, 0.717) is 6.04 Å². The summed E-state index contributed by atoms with van der Waals surface area (Å²) in [4.78, 5) is 17.9. The number of ether oxygens (including phenoxy) is 1. The van der Waals surface area contributed by atoms with E-state index in [0.717, 1.165) is 70.7 Å². The summed E-state index contributed by atoms with van der Waals surface area (Å²) in [5.74, 6) is 1.79. The summed E-state index contributed by atoms with van der Waals surface area (Å²) in [6.07, 6.45) is 6.45. The normalized spacial score (nSPS) is 21.3. The Morgan fingerprint density at radius 3 is 2.73 bits per heavy atom. The topological polar surface area (TPSA) is 75.4 Å². The van der Waals surface area contributed by atoms with E-state index in [2.05, 4.69) is 36.9 Å². The van der Waals surface area contributed by atoms with Crippen LogP contribution < -0.4 is 9.80 Å². The van der Waals surface area contributed by atoms with Crippen LogP contribution in [0.1, 0.15) is 6.42 Å². The molecule has 0 N–H and O–H groups in total. The lowest BCUT2D eigenvalue weighted by atomic mass is 10.2. The molecule has 0 amide bonds. The van der Waals surface area contributed by atoms with Crippen molar-refractivity contribution in [2.45, 2.75) is 19.0 Å². The van der Waals surface area contributed by atoms with Crippen molar-refractivity contribution in [1.29, 1.82) is 0 Å². The van der Waals surface area contributed by atoms with Crippen LogP contribution in [0, 0.1) is 0 Å². The van der Waals surface area contributed by atoms with E-state index < -0.39 is 0 Å². The van der Waals surface area contributed by atoms with Gasteiger partial charge in [-0.3, -0.25) is 4.90 Å². The van der Waals surface area contributed by atoms with Gasteiger partial charge in [0.25, 0.3) is 0 Å². The maximum atomic E-state index is 5.42. The first-order chi connectivity index (χ1) is 12.8. The minimum atomic E-state index is 0.466. The molecule has 0 bridgehead atoms. The van der Waals surface area contributed by atoms with Crippen molar-refractivity contribution >= 4 is 11.8 Å². The highest BCUT2D eigenvalue weighted by Gasteiger charge is 2.27. The molecule has 1 unspecified atom stereocenters. The third kappa shape index (κ3) is 3.94. The second-order valence-electron chi connectivity index (χ2n) is 6.79. The Morgan fingerprint density at radius 1 is 1.12 bits per heavy atom. The molecule has 4 rings (SSSR count). The number of hydrogen-bond acceptors (Lipinski definition) is 8. The number of likely N-dealkylation sites (N-methyl/N-ethyl adjacent to an activating group) is 1. The second kappa shape index (κ2) is 7.96. The summed E-state index contributed by atoms with van der Waals surface area (Å²) in [5.41, 5.74) is 0. The molecule has 2 aliphatic rings. The standard InChI is InChI=1S/C17H26N8O/c1-22(15-3-7-23(14-15)8-9-25-19-5-6-20-25)16-2-4-18-17(21-16)24-10-12-26-13-11-24/h2,4-6,15H,3,7-14H2,1H3. The Morgan fingerprint density at radius 2 is 1.92 bits per heavy atom. The molecule has 9 heteroatoms. The fourth-order valence-corrected chi connectivity index (χ4v) is 3.56. The molecule has 2 saturated heterocycles. The molecular formula is C17H26N8O. The second-order valence-corrected chi connectivity index (χ2v) is 6.79. The van der Waals surface area contributed by atoms with Gasteiger partial charge in [0.15, 0.2) is 0 Å². The van der Waals surface area contributed by atoms with Crippen LogP contribution in [0.2, 0.25) is 0 Å². The van der Waals surface area contributed by atoms with Crippen molar-refractivity contribution in [3.8, 4) is 0 Å². The average molecular weight is 358 g/mol. The molecule has 0 aromatic carbocycles. The Hall–Kier alpha value is -2.26. The van der Waals surface area contributed by atoms with E-state index in [-0.39, 0.29) is 0 Å². The van der Waals surface area contributed by atoms with Gasteiger partial charge in [-0.1, -0.05) is 0 Å². The summed E-state index contributed by atoms with van der Waals surface area (Å²) in [5, 5.41) is 8.34. The van der Waals surface area contributed by atoms with Gasteiger partial charge < -0.3 is 14.5 Å². The molecule has 2 aromatic heterocycles. The Bertz CT molecular complexity index is 688. The average Bonchev–Trinajstić information content (AvgIpc) is 3.38. The van der Waals surface area contributed by atoms with Crippen LogP contribution >= 0.6 is 0 Å². The highest BCUT2D eigenvalue weighted by molar-refractivity contribution is 5.44. The number of rotatable bonds is 6. The van der Waals surface area contributed by atoms with E-state index in [4.69, 9.17) is 9.72 Å². The summed E-state index contributed by atoms with van der Waals surface area (Å²) in [6.45, 7) is 7.13. The van der Waals surface area contributed by atoms with Crippen LogP contribution in [0.4, 0.5) is 11.8 Å². The minimum Gasteiger partial charge on any atom is -0.378 e. The fraction of sp³-hybridized carbons (Fsp3) is 0.647. The van der Waals surface area contributed by atoms with Crippen LogP contribution in [0.25, 0.3) is 0 Å². The molecular weight excluding hydrogens is 332 g/mol. The van der Waals surface area contributed by atoms with Crippen LogP contribution in [-0.2, 0) is 11.3 Å². The van der Waals surface area contributed by atoms with E-state index in [1.54, 1.807) is 17.2 Å². The van der Waals surface area contributed by atoms with E-state index >= 15 is 0 Å². The number of anilines is 2. The quantitative estimate of drug-likeness (QED) is 0.721. The Kier molecular flexibility index (Phi) is 5.26. The van der Waals surface area contributed by atoms with Gasteiger partial charge >= 0.3 is 0 Å². The maximum absolute atomic E-state index is 5.42. The lowest BCUT2D eigenvalue weighted by molar-refractivity contribution is 0.122. The van der Waals surface area contributed by atoms with Gasteiger partial charge in [0.05, 0.1) is 32.2 Å². The molecule has 0 spiro atoms. The molecule has 2 aliphatic heterocycles. The molecule has 2 fully saturated rings. The van der Waals surface area contributed by atoms with Crippen LogP contribution in [-0.4, -0.2) is 88.9 Å². The van der Waals surface area contributed by atoms with Gasteiger partial charge in [0.2, 0.25) is 5.95 Å². The largest absolute Gasteiger partial charge is 0.378 e. The molecule has 140 valence electrons. The molecule has 1 atom stereocenters. The summed E-state index contributed by atoms with van der Waals surface area (Å²) >= 11 is 0. The predicted molar refractivity (Wildman–Crippen MR) is 98.3 cm³/mol. The molecule has 26 heavy (non-hydrogen) atoms. The number of aromatic nitrogens is 5. The van der Waals surface area contributed by atoms with Crippen LogP contribution in [0.5, 0.6) is 0 Å². The zero-order valence-electron chi connectivity index (χ0n) is 15.2. The molecule has 0 saturated carbocycles. The van der Waals surface area contributed by atoms with Gasteiger partial charge in [-0.25, -0.2) is 4.98 Å². The zero-order valence-corrected chi connectivity index (χ0v) is 15.2. The SMILES string of the molecule is CN(c1ccnc(N2CCOCC2)n1)C1CCN(CCn2nccn2)C1. The summed E-state index contributed by atoms with van der Waals surface area (Å²) in [7, 11) is 2.13. The van der Waals surface area contributed by atoms with Crippen molar-refractivity contribution < 1.29 is 4.74 Å². The third-order valence-corrected chi connectivity index (χ3v) is 5.16. The van der Waals surface area contributed by atoms with Crippen molar-refractivity contribution in [1.82, 2.24) is 29.9 Å². The number of nitrogens with zero attached hydrogens (tertiary/aromatic N) is 8. The van der Waals surface area contributed by atoms with Gasteiger partial charge in [-0.05, 0) is 12.5 Å². The number of morpholine rings is 1. The van der Waals surface area contributed by atoms with Crippen LogP contribution in [0.3, 0.4) is 0 Å². The molecule has 0 aliphatic carbocycles. The molecule has 2 aromatic rings. The maximum Gasteiger partial charge on any atom is 0.227 e. The van der Waals surface area contributed by atoms with Crippen molar-refractivity contribution in [3.05, 3.63) is 24.7 Å². The number of hydrogen-bond donors (Lipinski definition) is 0. The predicted octanol–water partition coefficient (Wildman–Crippen LogP) is 0.115. The van der Waals surface area contributed by atoms with E-state index in [9.17, 15) is 0 Å². The smallest absolute Gasteiger partial charge is 0.227 e. The van der Waals surface area contributed by atoms with Gasteiger partial charge in [-0.2, -0.15) is 20.0 Å². The van der Waals surface area contributed by atoms with Gasteiger partial charge in [0, 0.05) is 52.0 Å². The Balaban J connectivity index is 1.34. The highest BCUT2D eigenvalue weighted by Crippen LogP contribution is 2.21. The lowest BCUT2D eigenvalue weighted by Gasteiger charge is -2.29. The minimum absolute atomic E-state index is 0.466. The van der Waals surface area contributed by atoms with Gasteiger partial charge in [0.1, 0.15) is 5.82 Å². The first kappa shape index (κ1) is 17.2. The monoisotopic (exact) mass is 358 g/mol. The van der Waals surface area contributed by atoms with Crippen molar-refractivity contribution in [2.24, 2.45) is 0 Å². The van der Waals surface area contributed by atoms with Gasteiger partial charge in [-0.15, -0.1) is 0 Å². The first-order valence-electron chi connectivity index (χ1n) is 9.24. The zero-order chi connectivity index (χ0) is 17.8. The lowest BCUT2D eigenvalue weighted by Crippen LogP contribution is -2.38.